The maximum absolute atomic E-state index is 12.6. The minimum absolute atomic E-state index is 0.00528. The van der Waals surface area contributed by atoms with Crippen LogP contribution < -0.4 is 5.32 Å². The van der Waals surface area contributed by atoms with Gasteiger partial charge in [0.25, 0.3) is 5.91 Å². The Kier molecular flexibility index (Phi) is 6.79. The van der Waals surface area contributed by atoms with E-state index >= 15 is 0 Å². The molecule has 0 aliphatic heterocycles. The van der Waals surface area contributed by atoms with E-state index in [4.69, 9.17) is 11.6 Å². The number of carbonyl (C=O) groups is 1. The molecule has 1 N–H and O–H groups in total. The number of rotatable bonds is 7. The van der Waals surface area contributed by atoms with Gasteiger partial charge in [-0.15, -0.1) is 0 Å². The summed E-state index contributed by atoms with van der Waals surface area (Å²) in [5.41, 5.74) is 0.589. The summed E-state index contributed by atoms with van der Waals surface area (Å²) < 4.78 is 0. The molecule has 112 valence electrons. The number of halogens is 1. The van der Waals surface area contributed by atoms with Crippen molar-refractivity contribution in [2.75, 3.05) is 18.4 Å². The number of hydrogen-bond donors (Lipinski definition) is 1. The quantitative estimate of drug-likeness (QED) is 0.778. The van der Waals surface area contributed by atoms with Gasteiger partial charge < -0.3 is 10.2 Å². The van der Waals surface area contributed by atoms with Crippen LogP contribution in [0.15, 0.2) is 12.1 Å². The minimum atomic E-state index is 0.00528. The average molecular weight is 298 g/mol. The fourth-order valence-corrected chi connectivity index (χ4v) is 2.21. The highest BCUT2D eigenvalue weighted by Crippen LogP contribution is 2.18. The standard InChI is InChI=1S/C15H24ClN3O/c1-5-8-17-14-10-12(9-13(16)18-14)15(20)19(7-3)11(4)6-2/h9-11H,5-8H2,1-4H3,(H,17,18). The van der Waals surface area contributed by atoms with Gasteiger partial charge in [-0.05, 0) is 38.8 Å². The molecule has 20 heavy (non-hydrogen) atoms. The number of aromatic nitrogens is 1. The maximum Gasteiger partial charge on any atom is 0.254 e. The van der Waals surface area contributed by atoms with E-state index in [1.54, 1.807) is 12.1 Å². The Hall–Kier alpha value is -1.29. The van der Waals surface area contributed by atoms with Crippen LogP contribution in [0.1, 0.15) is 50.9 Å². The van der Waals surface area contributed by atoms with Crippen LogP contribution in [0.25, 0.3) is 0 Å². The highest BCUT2D eigenvalue weighted by atomic mass is 35.5. The first-order chi connectivity index (χ1) is 9.53. The van der Waals surface area contributed by atoms with Crippen molar-refractivity contribution in [3.8, 4) is 0 Å². The van der Waals surface area contributed by atoms with Gasteiger partial charge in [0.2, 0.25) is 0 Å². The van der Waals surface area contributed by atoms with Crippen molar-refractivity contribution in [2.24, 2.45) is 0 Å². The highest BCUT2D eigenvalue weighted by Gasteiger charge is 2.19. The summed E-state index contributed by atoms with van der Waals surface area (Å²) in [6.45, 7) is 9.69. The summed E-state index contributed by atoms with van der Waals surface area (Å²) in [6, 6.07) is 3.62. The number of anilines is 1. The molecule has 5 heteroatoms. The van der Waals surface area contributed by atoms with Crippen LogP contribution in [-0.2, 0) is 0 Å². The van der Waals surface area contributed by atoms with Crippen LogP contribution in [0.2, 0.25) is 5.15 Å². The number of pyridine rings is 1. The highest BCUT2D eigenvalue weighted by molar-refractivity contribution is 6.29. The van der Waals surface area contributed by atoms with Gasteiger partial charge in [0.15, 0.2) is 0 Å². The molecule has 0 aliphatic carbocycles. The maximum atomic E-state index is 12.6. The molecule has 0 saturated carbocycles. The smallest absolute Gasteiger partial charge is 0.254 e. The lowest BCUT2D eigenvalue weighted by Gasteiger charge is -2.27. The molecule has 1 aromatic heterocycles. The van der Waals surface area contributed by atoms with Crippen molar-refractivity contribution in [1.82, 2.24) is 9.88 Å². The number of nitrogens with zero attached hydrogens (tertiary/aromatic N) is 2. The molecule has 0 saturated heterocycles. The van der Waals surface area contributed by atoms with Crippen molar-refractivity contribution in [3.05, 3.63) is 22.8 Å². The van der Waals surface area contributed by atoms with Gasteiger partial charge >= 0.3 is 0 Å². The molecular formula is C15H24ClN3O. The van der Waals surface area contributed by atoms with E-state index in [1.807, 2.05) is 11.8 Å². The largest absolute Gasteiger partial charge is 0.370 e. The number of amides is 1. The molecule has 4 nitrogen and oxygen atoms in total. The van der Waals surface area contributed by atoms with Crippen molar-refractivity contribution < 1.29 is 4.79 Å². The van der Waals surface area contributed by atoms with Crippen molar-refractivity contribution in [3.63, 3.8) is 0 Å². The van der Waals surface area contributed by atoms with Crippen LogP contribution >= 0.6 is 11.6 Å². The molecule has 0 fully saturated rings. The number of hydrogen-bond acceptors (Lipinski definition) is 3. The van der Waals surface area contributed by atoms with Gasteiger partial charge in [-0.3, -0.25) is 4.79 Å². The molecule has 0 spiro atoms. The Balaban J connectivity index is 2.99. The summed E-state index contributed by atoms with van der Waals surface area (Å²) in [5, 5.41) is 3.51. The fraction of sp³-hybridized carbons (Fsp3) is 0.600. The third-order valence-electron chi connectivity index (χ3n) is 3.32. The van der Waals surface area contributed by atoms with Crippen LogP contribution in [-0.4, -0.2) is 34.9 Å². The Morgan fingerprint density at radius 2 is 2.10 bits per heavy atom. The van der Waals surface area contributed by atoms with Gasteiger partial charge in [0.1, 0.15) is 11.0 Å². The van der Waals surface area contributed by atoms with E-state index in [-0.39, 0.29) is 11.9 Å². The predicted octanol–water partition coefficient (Wildman–Crippen LogP) is 3.82. The monoisotopic (exact) mass is 297 g/mol. The van der Waals surface area contributed by atoms with E-state index in [0.29, 0.717) is 23.1 Å². The lowest BCUT2D eigenvalue weighted by molar-refractivity contribution is 0.0700. The first-order valence-electron chi connectivity index (χ1n) is 7.25. The second kappa shape index (κ2) is 8.10. The van der Waals surface area contributed by atoms with E-state index in [1.165, 1.54) is 0 Å². The molecule has 1 amide bonds. The normalized spacial score (nSPS) is 12.1. The summed E-state index contributed by atoms with van der Waals surface area (Å²) in [5.74, 6) is 0.661. The minimum Gasteiger partial charge on any atom is -0.370 e. The molecular weight excluding hydrogens is 274 g/mol. The van der Waals surface area contributed by atoms with Gasteiger partial charge in [-0.1, -0.05) is 25.4 Å². The molecule has 1 unspecified atom stereocenters. The summed E-state index contributed by atoms with van der Waals surface area (Å²) >= 11 is 6.01. The molecule has 1 rings (SSSR count). The Morgan fingerprint density at radius 3 is 2.65 bits per heavy atom. The molecule has 1 aromatic rings. The van der Waals surface area contributed by atoms with Crippen molar-refractivity contribution in [1.29, 1.82) is 0 Å². The summed E-state index contributed by atoms with van der Waals surface area (Å²) in [4.78, 5) is 18.6. The van der Waals surface area contributed by atoms with Crippen LogP contribution in [0.3, 0.4) is 0 Å². The lowest BCUT2D eigenvalue weighted by Crippen LogP contribution is -2.38. The first-order valence-corrected chi connectivity index (χ1v) is 7.63. The van der Waals surface area contributed by atoms with Gasteiger partial charge in [-0.25, -0.2) is 4.98 Å². The molecule has 0 aromatic carbocycles. The van der Waals surface area contributed by atoms with Crippen molar-refractivity contribution >= 4 is 23.3 Å². The van der Waals surface area contributed by atoms with Crippen LogP contribution in [0.4, 0.5) is 5.82 Å². The Bertz CT molecular complexity index is 451. The van der Waals surface area contributed by atoms with E-state index < -0.39 is 0 Å². The van der Waals surface area contributed by atoms with Crippen molar-refractivity contribution in [2.45, 2.75) is 46.6 Å². The van der Waals surface area contributed by atoms with Crippen LogP contribution in [0.5, 0.6) is 0 Å². The molecule has 0 aliphatic rings. The second-order valence-electron chi connectivity index (χ2n) is 4.84. The van der Waals surface area contributed by atoms with Crippen LogP contribution in [0, 0.1) is 0 Å². The van der Waals surface area contributed by atoms with Gasteiger partial charge in [-0.2, -0.15) is 0 Å². The molecule has 0 radical (unpaired) electrons. The Morgan fingerprint density at radius 1 is 1.40 bits per heavy atom. The SMILES string of the molecule is CCCNc1cc(C(=O)N(CC)C(C)CC)cc(Cl)n1. The lowest BCUT2D eigenvalue weighted by atomic mass is 10.1. The Labute approximate surface area is 126 Å². The second-order valence-corrected chi connectivity index (χ2v) is 5.23. The van der Waals surface area contributed by atoms with Gasteiger partial charge in [0.05, 0.1) is 0 Å². The van der Waals surface area contributed by atoms with E-state index in [2.05, 4.69) is 31.1 Å². The first kappa shape index (κ1) is 16.8. The summed E-state index contributed by atoms with van der Waals surface area (Å²) in [6.07, 6.45) is 1.92. The zero-order chi connectivity index (χ0) is 15.1. The third kappa shape index (κ3) is 4.37. The summed E-state index contributed by atoms with van der Waals surface area (Å²) in [7, 11) is 0. The fourth-order valence-electron chi connectivity index (χ4n) is 2.01. The zero-order valence-electron chi connectivity index (χ0n) is 12.7. The number of carbonyl (C=O) groups excluding carboxylic acids is 1. The third-order valence-corrected chi connectivity index (χ3v) is 3.52. The predicted molar refractivity (Wildman–Crippen MR) is 84.5 cm³/mol. The average Bonchev–Trinajstić information content (AvgIpc) is 2.44. The zero-order valence-corrected chi connectivity index (χ0v) is 13.5. The number of nitrogens with one attached hydrogen (secondary N) is 1. The molecule has 0 bridgehead atoms. The molecule has 1 heterocycles. The van der Waals surface area contributed by atoms with Gasteiger partial charge in [0, 0.05) is 24.7 Å². The topological polar surface area (TPSA) is 45.2 Å². The molecule has 1 atom stereocenters. The van der Waals surface area contributed by atoms with E-state index in [0.717, 1.165) is 19.4 Å². The van der Waals surface area contributed by atoms with E-state index in [9.17, 15) is 4.79 Å².